The van der Waals surface area contributed by atoms with E-state index in [1.807, 2.05) is 53.0 Å². The Labute approximate surface area is 154 Å². The summed E-state index contributed by atoms with van der Waals surface area (Å²) in [6, 6.07) is 9.52. The second kappa shape index (κ2) is 8.65. The number of carbonyl (C=O) groups excluding carboxylic acids is 2. The Morgan fingerprint density at radius 3 is 2.77 bits per heavy atom. The fraction of sp³-hybridized carbons (Fsp3) is 0.450. The van der Waals surface area contributed by atoms with Crippen LogP contribution in [-0.2, 0) is 16.6 Å². The van der Waals surface area contributed by atoms with Gasteiger partial charge in [0, 0.05) is 45.4 Å². The van der Waals surface area contributed by atoms with Crippen LogP contribution in [0.1, 0.15) is 49.5 Å². The molecule has 0 aliphatic carbocycles. The van der Waals surface area contributed by atoms with Crippen LogP contribution >= 0.6 is 0 Å². The molecule has 6 nitrogen and oxygen atoms in total. The molecule has 2 heterocycles. The van der Waals surface area contributed by atoms with E-state index >= 15 is 0 Å². The van der Waals surface area contributed by atoms with E-state index in [0.29, 0.717) is 19.4 Å². The predicted octanol–water partition coefficient (Wildman–Crippen LogP) is 2.42. The van der Waals surface area contributed by atoms with Gasteiger partial charge in [-0.05, 0) is 18.4 Å². The van der Waals surface area contributed by atoms with Crippen LogP contribution in [0.5, 0.6) is 0 Å². The Hall–Kier alpha value is -2.63. The van der Waals surface area contributed by atoms with Crippen LogP contribution in [0.4, 0.5) is 0 Å². The minimum atomic E-state index is -0.302. The molecule has 0 bridgehead atoms. The third kappa shape index (κ3) is 4.50. The highest BCUT2D eigenvalue weighted by atomic mass is 16.2. The molecular weight excluding hydrogens is 328 g/mol. The van der Waals surface area contributed by atoms with Crippen molar-refractivity contribution in [2.45, 2.75) is 38.1 Å². The number of likely N-dealkylation sites (tertiary alicyclic amines) is 1. The quantitative estimate of drug-likeness (QED) is 0.866. The van der Waals surface area contributed by atoms with E-state index in [-0.39, 0.29) is 17.9 Å². The number of aromatic nitrogens is 2. The molecule has 138 valence electrons. The highest BCUT2D eigenvalue weighted by Crippen LogP contribution is 2.20. The van der Waals surface area contributed by atoms with Crippen molar-refractivity contribution < 1.29 is 9.59 Å². The first-order chi connectivity index (χ1) is 12.6. The van der Waals surface area contributed by atoms with Gasteiger partial charge in [0.15, 0.2) is 0 Å². The van der Waals surface area contributed by atoms with E-state index < -0.39 is 0 Å². The fourth-order valence-electron chi connectivity index (χ4n) is 3.34. The lowest BCUT2D eigenvalue weighted by atomic mass is 10.1. The summed E-state index contributed by atoms with van der Waals surface area (Å²) in [4.78, 5) is 30.9. The van der Waals surface area contributed by atoms with Crippen LogP contribution in [0.25, 0.3) is 0 Å². The van der Waals surface area contributed by atoms with Gasteiger partial charge in [0.2, 0.25) is 11.8 Å². The highest BCUT2D eigenvalue weighted by molar-refractivity contribution is 5.79. The van der Waals surface area contributed by atoms with Gasteiger partial charge < -0.3 is 14.8 Å². The Kier molecular flexibility index (Phi) is 6.04. The van der Waals surface area contributed by atoms with Crippen molar-refractivity contribution in [1.82, 2.24) is 19.8 Å². The van der Waals surface area contributed by atoms with Crippen molar-refractivity contribution in [3.05, 3.63) is 54.1 Å². The van der Waals surface area contributed by atoms with Crippen molar-refractivity contribution in [3.63, 3.8) is 0 Å². The summed E-state index contributed by atoms with van der Waals surface area (Å²) < 4.78 is 1.91. The largest absolute Gasteiger partial charge is 0.342 e. The molecule has 0 unspecified atom stereocenters. The van der Waals surface area contributed by atoms with Crippen molar-refractivity contribution in [2.75, 3.05) is 13.1 Å². The van der Waals surface area contributed by atoms with Crippen LogP contribution in [0.15, 0.2) is 42.7 Å². The van der Waals surface area contributed by atoms with Crippen LogP contribution < -0.4 is 5.32 Å². The number of nitrogens with one attached hydrogen (secondary N) is 1. The maximum absolute atomic E-state index is 12.6. The Morgan fingerprint density at radius 1 is 1.23 bits per heavy atom. The van der Waals surface area contributed by atoms with Gasteiger partial charge in [-0.2, -0.15) is 0 Å². The molecule has 6 heteroatoms. The lowest BCUT2D eigenvalue weighted by Crippen LogP contribution is -2.36. The zero-order valence-electron chi connectivity index (χ0n) is 15.2. The van der Waals surface area contributed by atoms with E-state index in [1.54, 1.807) is 6.20 Å². The molecule has 1 atom stereocenters. The molecule has 26 heavy (non-hydrogen) atoms. The van der Waals surface area contributed by atoms with Crippen LogP contribution in [0.3, 0.4) is 0 Å². The molecule has 0 radical (unpaired) electrons. The molecule has 1 aliphatic rings. The maximum atomic E-state index is 12.6. The lowest BCUT2D eigenvalue weighted by molar-refractivity contribution is -0.131. The number of hydrogen-bond acceptors (Lipinski definition) is 3. The van der Waals surface area contributed by atoms with Gasteiger partial charge in [-0.3, -0.25) is 9.59 Å². The summed E-state index contributed by atoms with van der Waals surface area (Å²) in [6.07, 6.45) is 7.56. The lowest BCUT2D eigenvalue weighted by Gasteiger charge is -2.22. The molecule has 0 saturated carbocycles. The smallest absolute Gasteiger partial charge is 0.222 e. The summed E-state index contributed by atoms with van der Waals surface area (Å²) in [5.74, 6) is 0.883. The molecule has 2 aromatic rings. The molecule has 1 N–H and O–H groups in total. The average molecular weight is 354 g/mol. The van der Waals surface area contributed by atoms with Gasteiger partial charge in [0.1, 0.15) is 11.9 Å². The van der Waals surface area contributed by atoms with E-state index in [2.05, 4.69) is 10.3 Å². The molecule has 1 fully saturated rings. The first-order valence-corrected chi connectivity index (χ1v) is 9.24. The Balaban J connectivity index is 1.66. The summed E-state index contributed by atoms with van der Waals surface area (Å²) in [6.45, 7) is 1.24. The Bertz CT molecular complexity index is 741. The van der Waals surface area contributed by atoms with Crippen molar-refractivity contribution in [2.24, 2.45) is 7.05 Å². The first-order valence-electron chi connectivity index (χ1n) is 9.24. The van der Waals surface area contributed by atoms with Gasteiger partial charge in [-0.1, -0.05) is 36.8 Å². The number of imidazole rings is 1. The van der Waals surface area contributed by atoms with Crippen LogP contribution in [0, 0.1) is 0 Å². The number of nitrogens with zero attached hydrogens (tertiary/aromatic N) is 3. The molecule has 0 spiro atoms. The SMILES string of the molecule is Cn1ccnc1[C@@H](NC(=O)CCN1CCCCCC1=O)c1ccccc1. The van der Waals surface area contributed by atoms with E-state index in [9.17, 15) is 9.59 Å². The minimum absolute atomic E-state index is 0.0705. The highest BCUT2D eigenvalue weighted by Gasteiger charge is 2.22. The monoisotopic (exact) mass is 354 g/mol. The molecule has 3 rings (SSSR count). The van der Waals surface area contributed by atoms with Gasteiger partial charge >= 0.3 is 0 Å². The van der Waals surface area contributed by atoms with Gasteiger partial charge in [0.05, 0.1) is 0 Å². The number of benzene rings is 1. The number of hydrogen-bond donors (Lipinski definition) is 1. The molecule has 1 aromatic heterocycles. The zero-order chi connectivity index (χ0) is 18.4. The van der Waals surface area contributed by atoms with Crippen LogP contribution in [-0.4, -0.2) is 39.4 Å². The summed E-state index contributed by atoms with van der Waals surface area (Å²) >= 11 is 0. The predicted molar refractivity (Wildman–Crippen MR) is 99.3 cm³/mol. The maximum Gasteiger partial charge on any atom is 0.222 e. The first kappa shape index (κ1) is 18.2. The van der Waals surface area contributed by atoms with E-state index in [0.717, 1.165) is 37.2 Å². The van der Waals surface area contributed by atoms with Crippen molar-refractivity contribution >= 4 is 11.8 Å². The number of carbonyl (C=O) groups is 2. The molecule has 2 amide bonds. The Morgan fingerprint density at radius 2 is 2.04 bits per heavy atom. The summed E-state index contributed by atoms with van der Waals surface area (Å²) in [7, 11) is 1.92. The number of amides is 2. The second-order valence-electron chi connectivity index (χ2n) is 6.75. The standard InChI is InChI=1S/C20H26N4O2/c1-23-15-12-21-20(23)19(16-8-4-2-5-9-16)22-17(25)11-14-24-13-7-3-6-10-18(24)26/h2,4-5,8-9,12,15,19H,3,6-7,10-11,13-14H2,1H3,(H,22,25)/t19-/m0/s1. The van der Waals surface area contributed by atoms with Crippen LogP contribution in [0.2, 0.25) is 0 Å². The zero-order valence-corrected chi connectivity index (χ0v) is 15.2. The molecular formula is C20H26N4O2. The van der Waals surface area contributed by atoms with Crippen molar-refractivity contribution in [1.29, 1.82) is 0 Å². The fourth-order valence-corrected chi connectivity index (χ4v) is 3.34. The normalized spacial score (nSPS) is 16.2. The number of rotatable bonds is 6. The van der Waals surface area contributed by atoms with E-state index in [1.165, 1.54) is 0 Å². The van der Waals surface area contributed by atoms with E-state index in [4.69, 9.17) is 0 Å². The van der Waals surface area contributed by atoms with Gasteiger partial charge in [-0.25, -0.2) is 4.98 Å². The summed E-state index contributed by atoms with van der Waals surface area (Å²) in [5.41, 5.74) is 0.987. The molecule has 1 saturated heterocycles. The molecule has 1 aliphatic heterocycles. The second-order valence-corrected chi connectivity index (χ2v) is 6.75. The van der Waals surface area contributed by atoms with Gasteiger partial charge in [0.25, 0.3) is 0 Å². The minimum Gasteiger partial charge on any atom is -0.342 e. The topological polar surface area (TPSA) is 67.2 Å². The summed E-state index contributed by atoms with van der Waals surface area (Å²) in [5, 5.41) is 3.09. The average Bonchev–Trinajstić information content (AvgIpc) is 2.96. The third-order valence-electron chi connectivity index (χ3n) is 4.84. The number of aryl methyl sites for hydroxylation is 1. The van der Waals surface area contributed by atoms with Crippen molar-refractivity contribution in [3.8, 4) is 0 Å². The third-order valence-corrected chi connectivity index (χ3v) is 4.84. The molecule has 1 aromatic carbocycles. The van der Waals surface area contributed by atoms with Gasteiger partial charge in [-0.15, -0.1) is 0 Å².